The minimum atomic E-state index is -0.543. The average molecular weight is 778 g/mol. The largest absolute Gasteiger partial charge is 0.455 e. The summed E-state index contributed by atoms with van der Waals surface area (Å²) in [7, 11) is 0. The Labute approximate surface area is 355 Å². The van der Waals surface area contributed by atoms with Gasteiger partial charge in [0, 0.05) is 33.0 Å². The molecule has 0 fully saturated rings. The normalized spacial score (nSPS) is 12.7. The van der Waals surface area contributed by atoms with Crippen molar-refractivity contribution in [1.29, 1.82) is 0 Å². The fourth-order valence-corrected chi connectivity index (χ4v) is 10.2. The molecule has 2 nitrogen and oxygen atoms in total. The van der Waals surface area contributed by atoms with Gasteiger partial charge >= 0.3 is 0 Å². The van der Waals surface area contributed by atoms with Crippen LogP contribution in [0.4, 0.5) is 17.1 Å². The average Bonchev–Trinajstić information content (AvgIpc) is 3.87. The van der Waals surface area contributed by atoms with Crippen LogP contribution in [0.1, 0.15) is 22.3 Å². The molecule has 0 atom stereocenters. The lowest BCUT2D eigenvalue weighted by Crippen LogP contribution is -2.28. The van der Waals surface area contributed by atoms with Crippen LogP contribution in [0.15, 0.2) is 241 Å². The van der Waals surface area contributed by atoms with Gasteiger partial charge in [0.15, 0.2) is 0 Å². The van der Waals surface area contributed by atoms with Crippen LogP contribution in [0.2, 0.25) is 0 Å². The summed E-state index contributed by atoms with van der Waals surface area (Å²) in [6.45, 7) is 0. The predicted octanol–water partition coefficient (Wildman–Crippen LogP) is 15.9. The molecule has 0 saturated heterocycles. The molecule has 286 valence electrons. The first-order valence-corrected chi connectivity index (χ1v) is 21.0. The van der Waals surface area contributed by atoms with E-state index in [0.29, 0.717) is 0 Å². The number of furan rings is 1. The van der Waals surface area contributed by atoms with Gasteiger partial charge in [0.2, 0.25) is 0 Å². The molecule has 1 aromatic heterocycles. The molecule has 11 aromatic rings. The molecular formula is C59H39NO. The highest BCUT2D eigenvalue weighted by atomic mass is 16.3. The first-order valence-electron chi connectivity index (χ1n) is 21.0. The van der Waals surface area contributed by atoms with Crippen LogP contribution >= 0.6 is 0 Å². The van der Waals surface area contributed by atoms with Gasteiger partial charge < -0.3 is 9.32 Å². The Bertz CT molecular complexity index is 3380. The van der Waals surface area contributed by atoms with Crippen molar-refractivity contribution in [2.24, 2.45) is 0 Å². The van der Waals surface area contributed by atoms with Crippen LogP contribution in [0.5, 0.6) is 0 Å². The van der Waals surface area contributed by atoms with E-state index in [1.165, 1.54) is 38.8 Å². The SMILES string of the molecule is c1ccc(-c2ccccc2N(c2ccc3c(c2)C(c2ccccc2)(c2ccccc2)c2ccccc2-3)c2ccccc2-c2cccc3oc4c5ccccc5ccc4c23)cc1. The second kappa shape index (κ2) is 14.1. The molecule has 0 bridgehead atoms. The molecule has 1 heterocycles. The third-order valence-corrected chi connectivity index (χ3v) is 12.8. The van der Waals surface area contributed by atoms with E-state index in [-0.39, 0.29) is 0 Å². The van der Waals surface area contributed by atoms with Crippen molar-refractivity contribution < 1.29 is 4.42 Å². The molecule has 0 N–H and O–H groups in total. The van der Waals surface area contributed by atoms with Gasteiger partial charge in [-0.3, -0.25) is 0 Å². The lowest BCUT2D eigenvalue weighted by Gasteiger charge is -2.35. The van der Waals surface area contributed by atoms with Crippen LogP contribution in [-0.2, 0) is 5.41 Å². The summed E-state index contributed by atoms with van der Waals surface area (Å²) in [6.07, 6.45) is 0. The molecule has 10 aromatic carbocycles. The van der Waals surface area contributed by atoms with Gasteiger partial charge in [0.25, 0.3) is 0 Å². The van der Waals surface area contributed by atoms with Gasteiger partial charge in [-0.05, 0) is 86.3 Å². The van der Waals surface area contributed by atoms with E-state index >= 15 is 0 Å². The highest BCUT2D eigenvalue weighted by Gasteiger charge is 2.46. The van der Waals surface area contributed by atoms with Gasteiger partial charge in [-0.25, -0.2) is 0 Å². The number of hydrogen-bond acceptors (Lipinski definition) is 2. The van der Waals surface area contributed by atoms with Crippen molar-refractivity contribution >= 4 is 49.8 Å². The monoisotopic (exact) mass is 777 g/mol. The van der Waals surface area contributed by atoms with Crippen molar-refractivity contribution in [2.75, 3.05) is 4.90 Å². The number of fused-ring (bicyclic) bond motifs is 8. The Kier molecular flexibility index (Phi) is 8.11. The molecule has 2 heteroatoms. The summed E-state index contributed by atoms with van der Waals surface area (Å²) >= 11 is 0. The molecule has 0 aliphatic heterocycles. The summed E-state index contributed by atoms with van der Waals surface area (Å²) in [5.41, 5.74) is 16.6. The van der Waals surface area contributed by atoms with Gasteiger partial charge in [0.05, 0.1) is 16.8 Å². The Morgan fingerprint density at radius 3 is 1.69 bits per heavy atom. The Hall–Kier alpha value is -7.94. The lowest BCUT2D eigenvalue weighted by molar-refractivity contribution is 0.673. The first kappa shape index (κ1) is 35.0. The summed E-state index contributed by atoms with van der Waals surface area (Å²) in [6, 6.07) is 86.1. The fourth-order valence-electron chi connectivity index (χ4n) is 10.2. The lowest BCUT2D eigenvalue weighted by atomic mass is 9.67. The minimum absolute atomic E-state index is 0.543. The Balaban J connectivity index is 1.16. The first-order chi connectivity index (χ1) is 30.3. The highest BCUT2D eigenvalue weighted by molar-refractivity contribution is 6.20. The van der Waals surface area contributed by atoms with E-state index in [1.54, 1.807) is 0 Å². The number of anilines is 3. The second-order valence-corrected chi connectivity index (χ2v) is 15.9. The third kappa shape index (κ3) is 5.36. The van der Waals surface area contributed by atoms with Crippen LogP contribution in [0.3, 0.4) is 0 Å². The van der Waals surface area contributed by atoms with E-state index in [2.05, 4.69) is 241 Å². The maximum Gasteiger partial charge on any atom is 0.143 e. The molecular weight excluding hydrogens is 739 g/mol. The van der Waals surface area contributed by atoms with E-state index in [0.717, 1.165) is 66.6 Å². The van der Waals surface area contributed by atoms with Gasteiger partial charge in [-0.15, -0.1) is 0 Å². The van der Waals surface area contributed by atoms with Gasteiger partial charge in [0.1, 0.15) is 11.2 Å². The maximum atomic E-state index is 6.75. The number of nitrogens with zero attached hydrogens (tertiary/aromatic N) is 1. The van der Waals surface area contributed by atoms with Crippen LogP contribution in [-0.4, -0.2) is 0 Å². The third-order valence-electron chi connectivity index (χ3n) is 12.8. The topological polar surface area (TPSA) is 16.4 Å². The van der Waals surface area contributed by atoms with E-state index in [4.69, 9.17) is 4.42 Å². The zero-order chi connectivity index (χ0) is 40.3. The Morgan fingerprint density at radius 1 is 0.361 bits per heavy atom. The van der Waals surface area contributed by atoms with Crippen LogP contribution in [0.25, 0.3) is 66.1 Å². The second-order valence-electron chi connectivity index (χ2n) is 15.9. The van der Waals surface area contributed by atoms with Gasteiger partial charge in [-0.1, -0.05) is 200 Å². The summed E-state index contributed by atoms with van der Waals surface area (Å²) in [5, 5.41) is 4.51. The van der Waals surface area contributed by atoms with Crippen LogP contribution < -0.4 is 4.90 Å². The number of benzene rings is 10. The standard InChI is InChI=1S/C59H39NO/c1-4-19-40(20-5-1)45-26-13-16-32-54(45)60(55-33-17-14-29-49(55)50-30-18-34-56-57(50)51-37-35-41-21-10-11-27-46(41)58(51)61-56)44-36-38-48-47-28-12-15-31-52(47)59(53(48)39-44,42-22-6-2-7-23-42)43-24-8-3-9-25-43/h1-39H. The van der Waals surface area contributed by atoms with E-state index in [9.17, 15) is 0 Å². The van der Waals surface area contributed by atoms with Crippen molar-refractivity contribution in [3.05, 3.63) is 259 Å². The predicted molar refractivity (Wildman–Crippen MR) is 254 cm³/mol. The summed E-state index contributed by atoms with van der Waals surface area (Å²) in [5.74, 6) is 0. The molecule has 12 rings (SSSR count). The van der Waals surface area contributed by atoms with Crippen molar-refractivity contribution in [1.82, 2.24) is 0 Å². The quantitative estimate of drug-likeness (QED) is 0.160. The minimum Gasteiger partial charge on any atom is -0.455 e. The smallest absolute Gasteiger partial charge is 0.143 e. The molecule has 0 spiro atoms. The van der Waals surface area contributed by atoms with Crippen molar-refractivity contribution in [3.63, 3.8) is 0 Å². The zero-order valence-electron chi connectivity index (χ0n) is 33.4. The van der Waals surface area contributed by atoms with Gasteiger partial charge in [-0.2, -0.15) is 0 Å². The maximum absolute atomic E-state index is 6.75. The van der Waals surface area contributed by atoms with Crippen LogP contribution in [0, 0.1) is 0 Å². The van der Waals surface area contributed by atoms with E-state index < -0.39 is 5.41 Å². The molecule has 61 heavy (non-hydrogen) atoms. The molecule has 0 saturated carbocycles. The zero-order valence-corrected chi connectivity index (χ0v) is 33.4. The number of hydrogen-bond donors (Lipinski definition) is 0. The number of rotatable bonds is 7. The van der Waals surface area contributed by atoms with E-state index in [1.807, 2.05) is 0 Å². The molecule has 1 aliphatic rings. The molecule has 0 radical (unpaired) electrons. The van der Waals surface area contributed by atoms with Crippen molar-refractivity contribution in [2.45, 2.75) is 5.41 Å². The Morgan fingerprint density at radius 2 is 0.934 bits per heavy atom. The summed E-state index contributed by atoms with van der Waals surface area (Å²) in [4.78, 5) is 2.48. The summed E-state index contributed by atoms with van der Waals surface area (Å²) < 4.78 is 6.75. The van der Waals surface area contributed by atoms with Crippen molar-refractivity contribution in [3.8, 4) is 33.4 Å². The fraction of sp³-hybridized carbons (Fsp3) is 0.0169. The molecule has 0 unspecified atom stereocenters. The number of para-hydroxylation sites is 2. The molecule has 1 aliphatic carbocycles. The highest BCUT2D eigenvalue weighted by Crippen LogP contribution is 2.58. The molecule has 0 amide bonds.